The maximum atomic E-state index is 12.8. The van der Waals surface area contributed by atoms with Crippen molar-refractivity contribution in [3.63, 3.8) is 0 Å². The third-order valence-corrected chi connectivity index (χ3v) is 3.57. The van der Waals surface area contributed by atoms with Gasteiger partial charge in [0.25, 0.3) is 5.91 Å². The van der Waals surface area contributed by atoms with Gasteiger partial charge in [-0.1, -0.05) is 24.3 Å². The number of rotatable bonds is 5. The molecule has 0 radical (unpaired) electrons. The maximum Gasteiger partial charge on any atom is 0.374 e. The number of ether oxygens (including phenoxy) is 1. The highest BCUT2D eigenvalue weighted by molar-refractivity contribution is 5.90. The number of hydrogen-bond donors (Lipinski definition) is 1. The minimum atomic E-state index is -0.912. The van der Waals surface area contributed by atoms with E-state index in [0.717, 1.165) is 6.07 Å². The Labute approximate surface area is 147 Å². The lowest BCUT2D eigenvalue weighted by atomic mass is 10.2. The van der Waals surface area contributed by atoms with Crippen molar-refractivity contribution < 1.29 is 23.1 Å². The number of esters is 1. The zero-order chi connectivity index (χ0) is 18.5. The molecule has 3 aromatic rings. The Bertz CT molecular complexity index is 1010. The third-order valence-electron chi connectivity index (χ3n) is 3.57. The van der Waals surface area contributed by atoms with Crippen molar-refractivity contribution in [2.75, 3.05) is 6.61 Å². The van der Waals surface area contributed by atoms with E-state index in [1.807, 2.05) is 0 Å². The smallest absolute Gasteiger partial charge is 0.374 e. The van der Waals surface area contributed by atoms with Crippen molar-refractivity contribution in [2.45, 2.75) is 6.54 Å². The van der Waals surface area contributed by atoms with E-state index in [1.54, 1.807) is 24.3 Å². The lowest BCUT2D eigenvalue weighted by Gasteiger charge is -2.07. The Morgan fingerprint density at radius 3 is 2.58 bits per heavy atom. The quantitative estimate of drug-likeness (QED) is 0.711. The lowest BCUT2D eigenvalue weighted by Crippen LogP contribution is -2.28. The van der Waals surface area contributed by atoms with E-state index in [4.69, 9.17) is 9.15 Å². The van der Waals surface area contributed by atoms with Crippen LogP contribution in [0.15, 0.2) is 63.8 Å². The molecule has 3 rings (SSSR count). The van der Waals surface area contributed by atoms with Crippen LogP contribution in [0.25, 0.3) is 11.0 Å². The van der Waals surface area contributed by atoms with Gasteiger partial charge in [-0.2, -0.15) is 0 Å². The zero-order valence-corrected chi connectivity index (χ0v) is 13.5. The average molecular weight is 355 g/mol. The molecule has 2 aromatic carbocycles. The molecule has 0 aliphatic rings. The fourth-order valence-electron chi connectivity index (χ4n) is 2.26. The molecule has 0 unspecified atom stereocenters. The molecule has 0 saturated carbocycles. The highest BCUT2D eigenvalue weighted by Gasteiger charge is 2.15. The van der Waals surface area contributed by atoms with Crippen LogP contribution in [0.2, 0.25) is 0 Å². The molecule has 0 fully saturated rings. The summed E-state index contributed by atoms with van der Waals surface area (Å²) in [6.07, 6.45) is 0. The summed E-state index contributed by atoms with van der Waals surface area (Å²) in [5.41, 5.74) is 0.582. The molecule has 7 heteroatoms. The fraction of sp³-hybridized carbons (Fsp3) is 0.105. The first-order chi connectivity index (χ1) is 12.5. The summed E-state index contributed by atoms with van der Waals surface area (Å²) in [6, 6.07) is 13.2. The van der Waals surface area contributed by atoms with Gasteiger partial charge in [-0.05, 0) is 29.8 Å². The predicted molar refractivity (Wildman–Crippen MR) is 91.0 cm³/mol. The number of benzene rings is 2. The second-order valence-electron chi connectivity index (χ2n) is 5.45. The molecule has 1 amide bonds. The Kier molecular flexibility index (Phi) is 5.07. The zero-order valence-electron chi connectivity index (χ0n) is 13.5. The molecule has 0 aliphatic heterocycles. The van der Waals surface area contributed by atoms with E-state index in [9.17, 15) is 18.8 Å². The molecule has 1 heterocycles. The number of carbonyl (C=O) groups excluding carboxylic acids is 2. The Balaban J connectivity index is 1.57. The van der Waals surface area contributed by atoms with Crippen LogP contribution in [0, 0.1) is 5.82 Å². The van der Waals surface area contributed by atoms with Crippen LogP contribution in [0.4, 0.5) is 4.39 Å². The van der Waals surface area contributed by atoms with E-state index in [2.05, 4.69) is 5.32 Å². The first-order valence-corrected chi connectivity index (χ1v) is 7.74. The van der Waals surface area contributed by atoms with Gasteiger partial charge in [0.1, 0.15) is 11.4 Å². The highest BCUT2D eigenvalue weighted by atomic mass is 19.1. The van der Waals surface area contributed by atoms with Crippen molar-refractivity contribution in [2.24, 2.45) is 0 Å². The average Bonchev–Trinajstić information content (AvgIpc) is 2.65. The number of halogens is 1. The Hall–Kier alpha value is -3.48. The summed E-state index contributed by atoms with van der Waals surface area (Å²) in [7, 11) is 0. The predicted octanol–water partition coefficient (Wildman–Crippen LogP) is 2.41. The number of hydrogen-bond acceptors (Lipinski definition) is 5. The maximum absolute atomic E-state index is 12.8. The minimum absolute atomic E-state index is 0.168. The van der Waals surface area contributed by atoms with Gasteiger partial charge < -0.3 is 14.5 Å². The van der Waals surface area contributed by atoms with E-state index in [1.165, 1.54) is 24.3 Å². The van der Waals surface area contributed by atoms with Crippen LogP contribution in [-0.2, 0) is 16.1 Å². The summed E-state index contributed by atoms with van der Waals surface area (Å²) in [5.74, 6) is -2.10. The molecule has 1 N–H and O–H groups in total. The summed E-state index contributed by atoms with van der Waals surface area (Å²) in [6.45, 7) is -0.363. The molecular formula is C19H14FNO5. The number of fused-ring (bicyclic) bond motifs is 1. The molecule has 0 spiro atoms. The van der Waals surface area contributed by atoms with E-state index >= 15 is 0 Å². The van der Waals surface area contributed by atoms with Gasteiger partial charge in [-0.3, -0.25) is 9.59 Å². The van der Waals surface area contributed by atoms with Gasteiger partial charge >= 0.3 is 5.97 Å². The second-order valence-corrected chi connectivity index (χ2v) is 5.45. The van der Waals surface area contributed by atoms with Crippen LogP contribution in [0.1, 0.15) is 16.1 Å². The van der Waals surface area contributed by atoms with Crippen LogP contribution in [0.3, 0.4) is 0 Å². The Morgan fingerprint density at radius 1 is 1.08 bits per heavy atom. The molecule has 1 aromatic heterocycles. The largest absolute Gasteiger partial charge is 0.450 e. The standard InChI is InChI=1S/C19H14FNO5/c20-13-7-5-12(6-8-13)10-21-18(23)11-25-19(24)17-9-15(22)14-3-1-2-4-16(14)26-17/h1-9H,10-11H2,(H,21,23). The summed E-state index contributed by atoms with van der Waals surface area (Å²) < 4.78 is 23.0. The van der Waals surface area contributed by atoms with Crippen molar-refractivity contribution in [3.05, 3.63) is 82.0 Å². The van der Waals surface area contributed by atoms with Crippen molar-refractivity contribution in [3.8, 4) is 0 Å². The first-order valence-electron chi connectivity index (χ1n) is 7.74. The number of carbonyl (C=O) groups is 2. The molecule has 26 heavy (non-hydrogen) atoms. The molecule has 6 nitrogen and oxygen atoms in total. The molecule has 132 valence electrons. The van der Waals surface area contributed by atoms with Gasteiger partial charge in [-0.25, -0.2) is 9.18 Å². The molecule has 0 bridgehead atoms. The SMILES string of the molecule is O=C(COC(=O)c1cc(=O)c2ccccc2o1)NCc1ccc(F)cc1. The van der Waals surface area contributed by atoms with E-state index in [-0.39, 0.29) is 29.1 Å². The topological polar surface area (TPSA) is 85.6 Å². The van der Waals surface area contributed by atoms with Gasteiger partial charge in [0.2, 0.25) is 5.76 Å². The fourth-order valence-corrected chi connectivity index (χ4v) is 2.26. The first kappa shape index (κ1) is 17.3. The van der Waals surface area contributed by atoms with Gasteiger partial charge in [0, 0.05) is 12.6 Å². The molecule has 0 saturated heterocycles. The number of amides is 1. The monoisotopic (exact) mass is 355 g/mol. The van der Waals surface area contributed by atoms with Crippen LogP contribution in [0.5, 0.6) is 0 Å². The van der Waals surface area contributed by atoms with Crippen molar-refractivity contribution >= 4 is 22.8 Å². The molecule has 0 aliphatic carbocycles. The van der Waals surface area contributed by atoms with Gasteiger partial charge in [-0.15, -0.1) is 0 Å². The second kappa shape index (κ2) is 7.60. The van der Waals surface area contributed by atoms with Gasteiger partial charge in [0.15, 0.2) is 12.0 Å². The van der Waals surface area contributed by atoms with Crippen molar-refractivity contribution in [1.82, 2.24) is 5.32 Å². The number of para-hydroxylation sites is 1. The summed E-state index contributed by atoms with van der Waals surface area (Å²) in [5, 5.41) is 2.88. The normalized spacial score (nSPS) is 10.5. The Morgan fingerprint density at radius 2 is 1.81 bits per heavy atom. The number of nitrogens with one attached hydrogen (secondary N) is 1. The van der Waals surface area contributed by atoms with Crippen LogP contribution in [-0.4, -0.2) is 18.5 Å². The lowest BCUT2D eigenvalue weighted by molar-refractivity contribution is -0.124. The van der Waals surface area contributed by atoms with Crippen molar-refractivity contribution in [1.29, 1.82) is 0 Å². The highest BCUT2D eigenvalue weighted by Crippen LogP contribution is 2.12. The van der Waals surface area contributed by atoms with E-state index < -0.39 is 18.5 Å². The van der Waals surface area contributed by atoms with E-state index in [0.29, 0.717) is 10.9 Å². The molecule has 0 atom stereocenters. The molecular weight excluding hydrogens is 341 g/mol. The van der Waals surface area contributed by atoms with Crippen LogP contribution >= 0.6 is 0 Å². The summed E-state index contributed by atoms with van der Waals surface area (Å²) in [4.78, 5) is 35.7. The summed E-state index contributed by atoms with van der Waals surface area (Å²) >= 11 is 0. The third kappa shape index (κ3) is 4.13. The minimum Gasteiger partial charge on any atom is -0.450 e. The van der Waals surface area contributed by atoms with Gasteiger partial charge in [0.05, 0.1) is 5.39 Å². The van der Waals surface area contributed by atoms with Crippen LogP contribution < -0.4 is 10.7 Å².